The molecular formula is C13H14BrF3N2S. The Labute approximate surface area is 128 Å². The average molecular weight is 367 g/mol. The van der Waals surface area contributed by atoms with E-state index < -0.39 is 11.7 Å². The summed E-state index contributed by atoms with van der Waals surface area (Å²) >= 11 is 4.63. The SMILES string of the molecule is CCC1(C)CSC(Nc2cc(Br)cc(C(F)(F)F)c2)=N1. The van der Waals surface area contributed by atoms with Crippen molar-refractivity contribution in [2.75, 3.05) is 11.1 Å². The van der Waals surface area contributed by atoms with Crippen molar-refractivity contribution in [3.63, 3.8) is 0 Å². The second-order valence-corrected chi connectivity index (χ2v) is 6.79. The maximum Gasteiger partial charge on any atom is 0.416 e. The summed E-state index contributed by atoms with van der Waals surface area (Å²) < 4.78 is 38.7. The number of anilines is 1. The molecule has 2 nitrogen and oxygen atoms in total. The number of nitrogens with zero attached hydrogens (tertiary/aromatic N) is 1. The standard InChI is InChI=1S/C13H14BrF3N2S/c1-3-12(2)7-20-11(19-12)18-10-5-8(13(15,16)17)4-9(14)6-10/h4-6H,3,7H2,1-2H3,(H,18,19). The molecular weight excluding hydrogens is 353 g/mol. The molecule has 1 atom stereocenters. The fraction of sp³-hybridized carbons (Fsp3) is 0.462. The largest absolute Gasteiger partial charge is 0.416 e. The first-order valence-corrected chi connectivity index (χ1v) is 7.87. The molecule has 7 heteroatoms. The predicted octanol–water partition coefficient (Wildman–Crippen LogP) is 5.15. The van der Waals surface area contributed by atoms with Crippen LogP contribution in [-0.2, 0) is 6.18 Å². The van der Waals surface area contributed by atoms with Gasteiger partial charge in [-0.05, 0) is 31.5 Å². The number of aliphatic imine (C=N–C) groups is 1. The van der Waals surface area contributed by atoms with Gasteiger partial charge in [-0.1, -0.05) is 34.6 Å². The van der Waals surface area contributed by atoms with Crippen LogP contribution in [0.2, 0.25) is 0 Å². The molecule has 1 unspecified atom stereocenters. The van der Waals surface area contributed by atoms with Crippen molar-refractivity contribution in [2.45, 2.75) is 32.0 Å². The van der Waals surface area contributed by atoms with Gasteiger partial charge < -0.3 is 5.32 Å². The molecule has 1 aromatic rings. The van der Waals surface area contributed by atoms with Gasteiger partial charge in [0.15, 0.2) is 5.17 Å². The minimum atomic E-state index is -4.36. The van der Waals surface area contributed by atoms with Crippen LogP contribution in [0.15, 0.2) is 27.7 Å². The van der Waals surface area contributed by atoms with Crippen LogP contribution in [0.4, 0.5) is 18.9 Å². The van der Waals surface area contributed by atoms with Crippen LogP contribution >= 0.6 is 27.7 Å². The van der Waals surface area contributed by atoms with Crippen molar-refractivity contribution < 1.29 is 13.2 Å². The summed E-state index contributed by atoms with van der Waals surface area (Å²) in [6.45, 7) is 4.09. The van der Waals surface area contributed by atoms with E-state index in [0.29, 0.717) is 15.3 Å². The summed E-state index contributed by atoms with van der Waals surface area (Å²) in [4.78, 5) is 4.53. The van der Waals surface area contributed by atoms with Crippen LogP contribution in [0, 0.1) is 0 Å². The summed E-state index contributed by atoms with van der Waals surface area (Å²) in [7, 11) is 0. The maximum atomic E-state index is 12.8. The lowest BCUT2D eigenvalue weighted by Gasteiger charge is -2.15. The molecule has 1 aliphatic rings. The number of nitrogens with one attached hydrogen (secondary N) is 1. The number of benzene rings is 1. The molecule has 0 fully saturated rings. The zero-order valence-corrected chi connectivity index (χ0v) is 13.4. The summed E-state index contributed by atoms with van der Waals surface area (Å²) in [5, 5.41) is 3.63. The highest BCUT2D eigenvalue weighted by atomic mass is 79.9. The summed E-state index contributed by atoms with van der Waals surface area (Å²) in [6.07, 6.45) is -3.46. The van der Waals surface area contributed by atoms with Gasteiger partial charge in [-0.15, -0.1) is 0 Å². The second-order valence-electron chi connectivity index (χ2n) is 4.91. The predicted molar refractivity (Wildman–Crippen MR) is 81.4 cm³/mol. The zero-order chi connectivity index (χ0) is 15.0. The van der Waals surface area contributed by atoms with Crippen LogP contribution in [0.5, 0.6) is 0 Å². The molecule has 1 aliphatic heterocycles. The lowest BCUT2D eigenvalue weighted by molar-refractivity contribution is -0.137. The molecule has 1 heterocycles. The number of thioether (sulfide) groups is 1. The van der Waals surface area contributed by atoms with Gasteiger partial charge in [0.2, 0.25) is 0 Å². The Morgan fingerprint density at radius 3 is 2.65 bits per heavy atom. The maximum absolute atomic E-state index is 12.8. The fourth-order valence-corrected chi connectivity index (χ4v) is 3.41. The molecule has 1 aromatic carbocycles. The van der Waals surface area contributed by atoms with E-state index in [9.17, 15) is 13.2 Å². The molecule has 0 amide bonds. The van der Waals surface area contributed by atoms with Gasteiger partial charge in [-0.3, -0.25) is 4.99 Å². The minimum absolute atomic E-state index is 0.133. The summed E-state index contributed by atoms with van der Waals surface area (Å²) in [5.74, 6) is 0.839. The Balaban J connectivity index is 2.23. The normalized spacial score (nSPS) is 22.8. The third-order valence-electron chi connectivity index (χ3n) is 3.13. The Hall–Kier alpha value is -0.690. The third kappa shape index (κ3) is 3.69. The lowest BCUT2D eigenvalue weighted by atomic mass is 10.0. The van der Waals surface area contributed by atoms with Gasteiger partial charge in [0.25, 0.3) is 0 Å². The first kappa shape index (κ1) is 15.7. The van der Waals surface area contributed by atoms with E-state index in [1.165, 1.54) is 11.8 Å². The summed E-state index contributed by atoms with van der Waals surface area (Å²) in [6, 6.07) is 3.76. The van der Waals surface area contributed by atoms with Gasteiger partial charge in [-0.2, -0.15) is 13.2 Å². The third-order valence-corrected chi connectivity index (χ3v) is 4.82. The average Bonchev–Trinajstić information content (AvgIpc) is 2.70. The highest BCUT2D eigenvalue weighted by Crippen LogP contribution is 2.35. The monoisotopic (exact) mass is 366 g/mol. The molecule has 0 saturated carbocycles. The van der Waals surface area contributed by atoms with Crippen LogP contribution in [-0.4, -0.2) is 16.5 Å². The molecule has 0 spiro atoms. The molecule has 1 N–H and O–H groups in total. The Morgan fingerprint density at radius 1 is 1.40 bits per heavy atom. The topological polar surface area (TPSA) is 24.4 Å². The minimum Gasteiger partial charge on any atom is -0.335 e. The van der Waals surface area contributed by atoms with Crippen LogP contribution < -0.4 is 5.32 Å². The van der Waals surface area contributed by atoms with Gasteiger partial charge >= 0.3 is 6.18 Å². The molecule has 0 aliphatic carbocycles. The van der Waals surface area contributed by atoms with Crippen molar-refractivity contribution in [3.05, 3.63) is 28.2 Å². The number of rotatable bonds is 2. The van der Waals surface area contributed by atoms with Crippen LogP contribution in [0.3, 0.4) is 0 Å². The zero-order valence-electron chi connectivity index (χ0n) is 11.0. The highest BCUT2D eigenvalue weighted by molar-refractivity contribution is 9.10. The first-order valence-electron chi connectivity index (χ1n) is 6.09. The number of halogens is 4. The molecule has 20 heavy (non-hydrogen) atoms. The second kappa shape index (κ2) is 5.60. The van der Waals surface area contributed by atoms with Gasteiger partial charge in [0.1, 0.15) is 0 Å². The molecule has 0 saturated heterocycles. The molecule has 0 aromatic heterocycles. The Bertz CT molecular complexity index is 545. The van der Waals surface area contributed by atoms with Crippen molar-refractivity contribution >= 4 is 38.5 Å². The first-order chi connectivity index (χ1) is 9.22. The number of hydrogen-bond acceptors (Lipinski definition) is 3. The van der Waals surface area contributed by atoms with Crippen molar-refractivity contribution in [2.24, 2.45) is 4.99 Å². The highest BCUT2D eigenvalue weighted by Gasteiger charge is 2.32. The van der Waals surface area contributed by atoms with E-state index in [2.05, 4.69) is 26.2 Å². The molecule has 0 radical (unpaired) electrons. The Kier molecular flexibility index (Phi) is 4.39. The van der Waals surface area contributed by atoms with Crippen LogP contribution in [0.1, 0.15) is 25.8 Å². The van der Waals surface area contributed by atoms with E-state index in [1.807, 2.05) is 13.8 Å². The van der Waals surface area contributed by atoms with Gasteiger partial charge in [0, 0.05) is 15.9 Å². The van der Waals surface area contributed by atoms with Gasteiger partial charge in [-0.25, -0.2) is 0 Å². The molecule has 2 rings (SSSR count). The van der Waals surface area contributed by atoms with Crippen molar-refractivity contribution in [3.8, 4) is 0 Å². The van der Waals surface area contributed by atoms with E-state index in [1.54, 1.807) is 6.07 Å². The van der Waals surface area contributed by atoms with Crippen molar-refractivity contribution in [1.29, 1.82) is 0 Å². The smallest absolute Gasteiger partial charge is 0.335 e. The van der Waals surface area contributed by atoms with E-state index in [-0.39, 0.29) is 5.54 Å². The van der Waals surface area contributed by atoms with Crippen LogP contribution in [0.25, 0.3) is 0 Å². The molecule has 0 bridgehead atoms. The van der Waals surface area contributed by atoms with Gasteiger partial charge in [0.05, 0.1) is 11.1 Å². The van der Waals surface area contributed by atoms with Crippen molar-refractivity contribution in [1.82, 2.24) is 0 Å². The fourth-order valence-electron chi connectivity index (χ4n) is 1.73. The quantitative estimate of drug-likeness (QED) is 0.782. The number of alkyl halides is 3. The number of hydrogen-bond donors (Lipinski definition) is 1. The Morgan fingerprint density at radius 2 is 2.10 bits per heavy atom. The lowest BCUT2D eigenvalue weighted by Crippen LogP contribution is -2.20. The number of amidine groups is 1. The molecule has 110 valence electrons. The van der Waals surface area contributed by atoms with E-state index >= 15 is 0 Å². The summed E-state index contributed by atoms with van der Waals surface area (Å²) in [5.41, 5.74) is -0.430. The van der Waals surface area contributed by atoms with E-state index in [4.69, 9.17) is 0 Å². The van der Waals surface area contributed by atoms with E-state index in [0.717, 1.165) is 24.3 Å².